The third kappa shape index (κ3) is 4.68. The van der Waals surface area contributed by atoms with Crippen molar-refractivity contribution in [2.75, 3.05) is 23.9 Å². The van der Waals surface area contributed by atoms with Crippen molar-refractivity contribution in [2.45, 2.75) is 25.9 Å². The van der Waals surface area contributed by atoms with Crippen molar-refractivity contribution < 1.29 is 14.3 Å². The summed E-state index contributed by atoms with van der Waals surface area (Å²) < 4.78 is 7.33. The van der Waals surface area contributed by atoms with Crippen molar-refractivity contribution in [2.24, 2.45) is 0 Å². The molecule has 1 N–H and O–H groups in total. The summed E-state index contributed by atoms with van der Waals surface area (Å²) in [4.78, 5) is 30.8. The molecule has 2 heterocycles. The fraction of sp³-hybridized carbons (Fsp3) is 0.200. The molecule has 7 nitrogen and oxygen atoms in total. The molecule has 4 aromatic rings. The lowest BCUT2D eigenvalue weighted by atomic mass is 9.97. The van der Waals surface area contributed by atoms with Gasteiger partial charge in [0.2, 0.25) is 5.91 Å². The van der Waals surface area contributed by atoms with Crippen molar-refractivity contribution >= 4 is 23.3 Å². The molecule has 1 atom stereocenters. The van der Waals surface area contributed by atoms with Crippen molar-refractivity contribution in [1.29, 1.82) is 0 Å². The quantitative estimate of drug-likeness (QED) is 0.365. The molecule has 0 fully saturated rings. The fourth-order valence-electron chi connectivity index (χ4n) is 4.79. The van der Waals surface area contributed by atoms with Crippen molar-refractivity contribution in [1.82, 2.24) is 9.47 Å². The number of fused-ring (bicyclic) bond motifs is 3. The van der Waals surface area contributed by atoms with Crippen molar-refractivity contribution in [3.63, 3.8) is 0 Å². The van der Waals surface area contributed by atoms with Crippen LogP contribution in [0.5, 0.6) is 5.75 Å². The van der Waals surface area contributed by atoms with Gasteiger partial charge in [0.05, 0.1) is 24.2 Å². The van der Waals surface area contributed by atoms with E-state index in [9.17, 15) is 9.59 Å². The van der Waals surface area contributed by atoms with Gasteiger partial charge in [0.1, 0.15) is 18.3 Å². The van der Waals surface area contributed by atoms with E-state index in [1.807, 2.05) is 91.7 Å². The largest absolute Gasteiger partial charge is 0.497 e. The van der Waals surface area contributed by atoms with Crippen LogP contribution < -0.4 is 15.0 Å². The molecule has 37 heavy (non-hydrogen) atoms. The predicted molar refractivity (Wildman–Crippen MR) is 145 cm³/mol. The Balaban J connectivity index is 1.48. The molecule has 3 aromatic carbocycles. The van der Waals surface area contributed by atoms with Crippen LogP contribution in [-0.4, -0.2) is 41.1 Å². The van der Waals surface area contributed by atoms with Crippen LogP contribution in [0.15, 0.2) is 97.2 Å². The second-order valence-corrected chi connectivity index (χ2v) is 9.25. The zero-order valence-corrected chi connectivity index (χ0v) is 21.2. The highest BCUT2D eigenvalue weighted by Crippen LogP contribution is 2.42. The molecule has 7 heteroatoms. The maximum Gasteiger partial charge on any atom is 0.322 e. The van der Waals surface area contributed by atoms with Gasteiger partial charge in [-0.05, 0) is 67.9 Å². The molecule has 0 spiro atoms. The Morgan fingerprint density at radius 1 is 0.892 bits per heavy atom. The smallest absolute Gasteiger partial charge is 0.322 e. The van der Waals surface area contributed by atoms with Gasteiger partial charge in [-0.25, -0.2) is 4.79 Å². The topological polar surface area (TPSA) is 66.8 Å². The Morgan fingerprint density at radius 3 is 2.24 bits per heavy atom. The van der Waals surface area contributed by atoms with Crippen molar-refractivity contribution in [3.8, 4) is 11.4 Å². The van der Waals surface area contributed by atoms with Gasteiger partial charge in [0.25, 0.3) is 0 Å². The lowest BCUT2D eigenvalue weighted by Gasteiger charge is -2.40. The molecule has 0 radical (unpaired) electrons. The van der Waals surface area contributed by atoms with Crippen LogP contribution in [-0.2, 0) is 4.79 Å². The van der Waals surface area contributed by atoms with Crippen molar-refractivity contribution in [3.05, 3.63) is 108 Å². The number of hydrogen-bond acceptors (Lipinski definition) is 3. The number of benzene rings is 3. The molecular weight excluding hydrogens is 464 g/mol. The number of aromatic nitrogens is 1. The van der Waals surface area contributed by atoms with Gasteiger partial charge < -0.3 is 19.5 Å². The van der Waals surface area contributed by atoms with Crippen LogP contribution in [0.2, 0.25) is 0 Å². The number of anilines is 2. The fourth-order valence-corrected chi connectivity index (χ4v) is 4.79. The zero-order chi connectivity index (χ0) is 25.9. The maximum atomic E-state index is 14.1. The summed E-state index contributed by atoms with van der Waals surface area (Å²) in [5, 5.41) is 2.91. The standard InChI is InChI=1S/C30H30N4O3/c1-21(2)33(30(36)31-23-15-17-24(37-3)18-16-23)20-28(35)34-26-13-8-7-12-25(26)32-19-9-14-27(32)29(34)22-10-5-4-6-11-22/h4-19,21,29H,20H2,1-3H3,(H,31,36). The third-order valence-electron chi connectivity index (χ3n) is 6.63. The first-order valence-electron chi connectivity index (χ1n) is 12.3. The minimum atomic E-state index is -0.335. The first-order valence-corrected chi connectivity index (χ1v) is 12.3. The Morgan fingerprint density at radius 2 is 1.57 bits per heavy atom. The molecule has 3 amide bonds. The molecule has 0 saturated carbocycles. The average molecular weight is 495 g/mol. The van der Waals surface area contributed by atoms with Gasteiger partial charge in [0, 0.05) is 17.9 Å². The molecule has 0 aliphatic carbocycles. The van der Waals surface area contributed by atoms with Crippen LogP contribution in [0.4, 0.5) is 16.2 Å². The summed E-state index contributed by atoms with van der Waals surface area (Å²) in [6.07, 6.45) is 2.02. The predicted octanol–water partition coefficient (Wildman–Crippen LogP) is 5.86. The zero-order valence-electron chi connectivity index (χ0n) is 21.2. The number of para-hydroxylation sites is 2. The van der Waals surface area contributed by atoms with E-state index in [-0.39, 0.29) is 30.6 Å². The summed E-state index contributed by atoms with van der Waals surface area (Å²) in [6.45, 7) is 3.74. The number of rotatable bonds is 6. The van der Waals surface area contributed by atoms with E-state index in [1.54, 1.807) is 36.3 Å². The van der Waals surface area contributed by atoms with E-state index in [1.165, 1.54) is 0 Å². The average Bonchev–Trinajstić information content (AvgIpc) is 3.41. The number of hydrogen-bond donors (Lipinski definition) is 1. The number of nitrogens with one attached hydrogen (secondary N) is 1. The van der Waals surface area contributed by atoms with Crippen LogP contribution in [0.1, 0.15) is 31.1 Å². The molecule has 5 rings (SSSR count). The molecule has 0 saturated heterocycles. The number of methoxy groups -OCH3 is 1. The van der Waals surface area contributed by atoms with Gasteiger partial charge >= 0.3 is 6.03 Å². The van der Waals surface area contributed by atoms with E-state index in [0.29, 0.717) is 11.4 Å². The van der Waals surface area contributed by atoms with E-state index in [4.69, 9.17) is 4.74 Å². The third-order valence-corrected chi connectivity index (χ3v) is 6.63. The molecule has 1 unspecified atom stereocenters. The Hall–Kier alpha value is -4.52. The van der Waals surface area contributed by atoms with Crippen LogP contribution in [0.25, 0.3) is 5.69 Å². The molecular formula is C30H30N4O3. The van der Waals surface area contributed by atoms with E-state index in [2.05, 4.69) is 9.88 Å². The van der Waals surface area contributed by atoms with Gasteiger partial charge in [-0.15, -0.1) is 0 Å². The van der Waals surface area contributed by atoms with Gasteiger partial charge in [0.15, 0.2) is 0 Å². The Labute approximate surface area is 216 Å². The molecule has 188 valence electrons. The van der Waals surface area contributed by atoms with E-state index < -0.39 is 0 Å². The number of ether oxygens (including phenoxy) is 1. The lowest BCUT2D eigenvalue weighted by Crippen LogP contribution is -2.49. The second-order valence-electron chi connectivity index (χ2n) is 9.25. The minimum absolute atomic E-state index is 0.0714. The first kappa shape index (κ1) is 24.2. The first-order chi connectivity index (χ1) is 18.0. The summed E-state index contributed by atoms with van der Waals surface area (Å²) in [7, 11) is 1.60. The maximum absolute atomic E-state index is 14.1. The van der Waals surface area contributed by atoms with E-state index in [0.717, 1.165) is 22.6 Å². The molecule has 0 bridgehead atoms. The Bertz CT molecular complexity index is 1400. The number of nitrogens with zero attached hydrogens (tertiary/aromatic N) is 3. The lowest BCUT2D eigenvalue weighted by molar-refractivity contribution is -0.119. The highest BCUT2D eigenvalue weighted by Gasteiger charge is 2.37. The monoisotopic (exact) mass is 494 g/mol. The normalized spacial score (nSPS) is 14.1. The highest BCUT2D eigenvalue weighted by atomic mass is 16.5. The molecule has 1 aliphatic heterocycles. The molecule has 1 aliphatic rings. The van der Waals surface area contributed by atoms with Crippen LogP contribution in [0.3, 0.4) is 0 Å². The summed E-state index contributed by atoms with van der Waals surface area (Å²) in [5.74, 6) is 0.543. The minimum Gasteiger partial charge on any atom is -0.497 e. The SMILES string of the molecule is COc1ccc(NC(=O)N(CC(=O)N2c3ccccc3-n3cccc3C2c2ccccc2)C(C)C)cc1. The van der Waals surface area contributed by atoms with Crippen LogP contribution >= 0.6 is 0 Å². The van der Waals surface area contributed by atoms with Gasteiger partial charge in [-0.1, -0.05) is 42.5 Å². The number of urea groups is 1. The Kier molecular flexibility index (Phi) is 6.68. The summed E-state index contributed by atoms with van der Waals surface area (Å²) in [5.41, 5.74) is 4.37. The number of carbonyl (C=O) groups is 2. The number of amides is 3. The second kappa shape index (κ2) is 10.2. The van der Waals surface area contributed by atoms with Gasteiger partial charge in [-0.2, -0.15) is 0 Å². The summed E-state index contributed by atoms with van der Waals surface area (Å²) in [6, 6.07) is 28.2. The molecule has 1 aromatic heterocycles. The number of carbonyl (C=O) groups excluding carboxylic acids is 2. The van der Waals surface area contributed by atoms with Gasteiger partial charge in [-0.3, -0.25) is 9.69 Å². The van der Waals surface area contributed by atoms with Crippen LogP contribution in [0, 0.1) is 0 Å². The summed E-state index contributed by atoms with van der Waals surface area (Å²) >= 11 is 0. The van der Waals surface area contributed by atoms with E-state index >= 15 is 0 Å². The highest BCUT2D eigenvalue weighted by molar-refractivity contribution is 6.01.